The molecule has 1 unspecified atom stereocenters. The number of nitrogens with zero attached hydrogens (tertiary/aromatic N) is 1. The number of likely N-dealkylation sites (tertiary alicyclic amines) is 1. The van der Waals surface area contributed by atoms with Crippen molar-refractivity contribution >= 4 is 12.0 Å². The molecule has 0 aromatic heterocycles. The van der Waals surface area contributed by atoms with Gasteiger partial charge in [0.15, 0.2) is 11.5 Å². The van der Waals surface area contributed by atoms with Crippen LogP contribution < -0.4 is 9.47 Å². The number of rotatable bonds is 2. The molecule has 3 rings (SSSR count). The maximum absolute atomic E-state index is 12.2. The molecule has 0 spiro atoms. The minimum Gasteiger partial charge on any atom is -0.454 e. The van der Waals surface area contributed by atoms with E-state index in [1.807, 2.05) is 29.2 Å². The summed E-state index contributed by atoms with van der Waals surface area (Å²) in [6.45, 7) is 3.25. The molecular weight excluding hydrogens is 254 g/mol. The fourth-order valence-electron chi connectivity index (χ4n) is 2.71. The second-order valence-corrected chi connectivity index (χ2v) is 5.32. The summed E-state index contributed by atoms with van der Waals surface area (Å²) < 4.78 is 10.6. The monoisotopic (exact) mass is 273 g/mol. The normalized spacial score (nSPS) is 21.4. The maximum atomic E-state index is 12.2. The third-order valence-electron chi connectivity index (χ3n) is 3.90. The second kappa shape index (κ2) is 5.57. The first kappa shape index (κ1) is 13.0. The van der Waals surface area contributed by atoms with Gasteiger partial charge in [-0.15, -0.1) is 0 Å². The molecule has 2 heterocycles. The van der Waals surface area contributed by atoms with Crippen molar-refractivity contribution in [2.45, 2.75) is 32.2 Å². The van der Waals surface area contributed by atoms with Crippen LogP contribution in [0.1, 0.15) is 31.7 Å². The average molecular weight is 273 g/mol. The van der Waals surface area contributed by atoms with E-state index in [-0.39, 0.29) is 12.7 Å². The second-order valence-electron chi connectivity index (χ2n) is 5.32. The average Bonchev–Trinajstić information content (AvgIpc) is 2.92. The van der Waals surface area contributed by atoms with E-state index in [2.05, 4.69) is 6.92 Å². The Labute approximate surface area is 119 Å². The fraction of sp³-hybridized carbons (Fsp3) is 0.438. The van der Waals surface area contributed by atoms with Crippen LogP contribution in [0.4, 0.5) is 0 Å². The Hall–Kier alpha value is -1.97. The van der Waals surface area contributed by atoms with E-state index in [4.69, 9.17) is 9.47 Å². The highest BCUT2D eigenvalue weighted by Gasteiger charge is 2.21. The van der Waals surface area contributed by atoms with E-state index in [0.717, 1.165) is 36.4 Å². The lowest BCUT2D eigenvalue weighted by atomic mass is 10.0. The van der Waals surface area contributed by atoms with E-state index in [1.54, 1.807) is 6.08 Å². The van der Waals surface area contributed by atoms with E-state index in [1.165, 1.54) is 6.42 Å². The summed E-state index contributed by atoms with van der Waals surface area (Å²) in [6, 6.07) is 6.04. The van der Waals surface area contributed by atoms with Crippen LogP contribution in [0.25, 0.3) is 6.08 Å². The molecule has 20 heavy (non-hydrogen) atoms. The van der Waals surface area contributed by atoms with Gasteiger partial charge >= 0.3 is 0 Å². The standard InChI is InChI=1S/C16H19NO3/c1-12-4-2-3-9-17(12)16(18)8-6-13-5-7-14-15(10-13)20-11-19-14/h5-8,10,12H,2-4,9,11H2,1H3. The third kappa shape index (κ3) is 2.64. The largest absolute Gasteiger partial charge is 0.454 e. The van der Waals surface area contributed by atoms with Crippen LogP contribution in [-0.4, -0.2) is 30.2 Å². The van der Waals surface area contributed by atoms with Gasteiger partial charge in [-0.25, -0.2) is 0 Å². The number of carbonyl (C=O) groups is 1. The zero-order chi connectivity index (χ0) is 13.9. The predicted molar refractivity (Wildman–Crippen MR) is 76.6 cm³/mol. The van der Waals surface area contributed by atoms with Crippen LogP contribution in [0.2, 0.25) is 0 Å². The molecule has 0 N–H and O–H groups in total. The Morgan fingerprint density at radius 2 is 2.15 bits per heavy atom. The number of hydrogen-bond acceptors (Lipinski definition) is 3. The Morgan fingerprint density at radius 1 is 1.30 bits per heavy atom. The van der Waals surface area contributed by atoms with E-state index in [9.17, 15) is 4.79 Å². The quantitative estimate of drug-likeness (QED) is 0.778. The van der Waals surface area contributed by atoms with Crippen molar-refractivity contribution < 1.29 is 14.3 Å². The Kier molecular flexibility index (Phi) is 3.63. The van der Waals surface area contributed by atoms with Gasteiger partial charge in [0.05, 0.1) is 0 Å². The third-order valence-corrected chi connectivity index (χ3v) is 3.90. The maximum Gasteiger partial charge on any atom is 0.246 e. The zero-order valence-electron chi connectivity index (χ0n) is 11.7. The summed E-state index contributed by atoms with van der Waals surface area (Å²) >= 11 is 0. The number of benzene rings is 1. The van der Waals surface area contributed by atoms with Gasteiger partial charge in [0.2, 0.25) is 12.7 Å². The lowest BCUT2D eigenvalue weighted by Crippen LogP contribution is -2.41. The fourth-order valence-corrected chi connectivity index (χ4v) is 2.71. The van der Waals surface area contributed by atoms with Gasteiger partial charge in [-0.1, -0.05) is 6.07 Å². The van der Waals surface area contributed by atoms with Crippen molar-refractivity contribution in [3.63, 3.8) is 0 Å². The van der Waals surface area contributed by atoms with Gasteiger partial charge in [0, 0.05) is 18.7 Å². The first-order valence-electron chi connectivity index (χ1n) is 7.12. The number of amides is 1. The zero-order valence-corrected chi connectivity index (χ0v) is 11.7. The van der Waals surface area contributed by atoms with Crippen molar-refractivity contribution in [3.8, 4) is 11.5 Å². The summed E-state index contributed by atoms with van der Waals surface area (Å²) in [5, 5.41) is 0. The summed E-state index contributed by atoms with van der Waals surface area (Å²) in [5.74, 6) is 1.60. The molecule has 4 heteroatoms. The molecular formula is C16H19NO3. The molecule has 1 aromatic rings. The summed E-state index contributed by atoms with van der Waals surface area (Å²) in [4.78, 5) is 14.2. The molecule has 4 nitrogen and oxygen atoms in total. The number of hydrogen-bond donors (Lipinski definition) is 0. The number of carbonyl (C=O) groups excluding carboxylic acids is 1. The molecule has 2 aliphatic heterocycles. The lowest BCUT2D eigenvalue weighted by molar-refractivity contribution is -0.129. The molecule has 0 saturated carbocycles. The van der Waals surface area contributed by atoms with Crippen molar-refractivity contribution in [1.29, 1.82) is 0 Å². The number of fused-ring (bicyclic) bond motifs is 1. The predicted octanol–water partition coefficient (Wildman–Crippen LogP) is 2.83. The van der Waals surface area contributed by atoms with Crippen LogP contribution in [0.15, 0.2) is 24.3 Å². The van der Waals surface area contributed by atoms with Gasteiger partial charge in [-0.2, -0.15) is 0 Å². The highest BCUT2D eigenvalue weighted by atomic mass is 16.7. The van der Waals surface area contributed by atoms with Gasteiger partial charge < -0.3 is 14.4 Å². The Bertz CT molecular complexity index is 539. The van der Waals surface area contributed by atoms with Gasteiger partial charge in [-0.3, -0.25) is 4.79 Å². The van der Waals surface area contributed by atoms with Crippen LogP contribution >= 0.6 is 0 Å². The molecule has 1 atom stereocenters. The number of piperidine rings is 1. The van der Waals surface area contributed by atoms with Crippen LogP contribution in [0, 0.1) is 0 Å². The van der Waals surface area contributed by atoms with E-state index in [0.29, 0.717) is 6.04 Å². The van der Waals surface area contributed by atoms with E-state index >= 15 is 0 Å². The van der Waals surface area contributed by atoms with Gasteiger partial charge in [-0.05, 0) is 50.0 Å². The van der Waals surface area contributed by atoms with Gasteiger partial charge in [0.25, 0.3) is 0 Å². The molecule has 1 fully saturated rings. The van der Waals surface area contributed by atoms with Crippen molar-refractivity contribution in [3.05, 3.63) is 29.8 Å². The van der Waals surface area contributed by atoms with E-state index < -0.39 is 0 Å². The van der Waals surface area contributed by atoms with Crippen LogP contribution in [0.5, 0.6) is 11.5 Å². The summed E-state index contributed by atoms with van der Waals surface area (Å²) in [5.41, 5.74) is 0.951. The minimum absolute atomic E-state index is 0.0925. The molecule has 1 aromatic carbocycles. The highest BCUT2D eigenvalue weighted by molar-refractivity contribution is 5.92. The first-order chi connectivity index (χ1) is 9.74. The summed E-state index contributed by atoms with van der Waals surface area (Å²) in [6.07, 6.45) is 6.92. The topological polar surface area (TPSA) is 38.8 Å². The van der Waals surface area contributed by atoms with Crippen LogP contribution in [-0.2, 0) is 4.79 Å². The molecule has 1 amide bonds. The smallest absolute Gasteiger partial charge is 0.246 e. The Morgan fingerprint density at radius 3 is 3.00 bits per heavy atom. The first-order valence-corrected chi connectivity index (χ1v) is 7.12. The van der Waals surface area contributed by atoms with Crippen molar-refractivity contribution in [2.24, 2.45) is 0 Å². The van der Waals surface area contributed by atoms with Crippen molar-refractivity contribution in [2.75, 3.05) is 13.3 Å². The van der Waals surface area contributed by atoms with Crippen LogP contribution in [0.3, 0.4) is 0 Å². The molecule has 0 aliphatic carbocycles. The highest BCUT2D eigenvalue weighted by Crippen LogP contribution is 2.32. The lowest BCUT2D eigenvalue weighted by Gasteiger charge is -2.32. The van der Waals surface area contributed by atoms with Gasteiger partial charge in [0.1, 0.15) is 0 Å². The molecule has 1 saturated heterocycles. The molecule has 0 bridgehead atoms. The summed E-state index contributed by atoms with van der Waals surface area (Å²) in [7, 11) is 0. The Balaban J connectivity index is 1.68. The van der Waals surface area contributed by atoms with Crippen molar-refractivity contribution in [1.82, 2.24) is 4.90 Å². The SMILES string of the molecule is CC1CCCCN1C(=O)C=Cc1ccc2c(c1)OCO2. The molecule has 0 radical (unpaired) electrons. The minimum atomic E-state index is 0.0925. The molecule has 2 aliphatic rings. The molecule has 106 valence electrons. The number of ether oxygens (including phenoxy) is 2.